The highest BCUT2D eigenvalue weighted by atomic mass is 127. The van der Waals surface area contributed by atoms with E-state index < -0.39 is 0 Å². The van der Waals surface area contributed by atoms with E-state index >= 15 is 0 Å². The molecule has 0 radical (unpaired) electrons. The Morgan fingerprint density at radius 3 is 2.46 bits per heavy atom. The standard InChI is InChI=1S/C19H38N4O2.HI/c1-5-21-19(22-14-17(8-11-24)12-15(2)3)23-9-6-16(7-10-23)13-18(25)20-4;/h15-17,24H,5-14H2,1-4H3,(H,20,25)(H,21,22);1H. The van der Waals surface area contributed by atoms with Gasteiger partial charge in [0.1, 0.15) is 0 Å². The van der Waals surface area contributed by atoms with Gasteiger partial charge in [0.05, 0.1) is 0 Å². The van der Waals surface area contributed by atoms with Gasteiger partial charge in [-0.05, 0) is 50.4 Å². The fourth-order valence-corrected chi connectivity index (χ4v) is 3.49. The van der Waals surface area contributed by atoms with Crippen molar-refractivity contribution < 1.29 is 9.90 Å². The van der Waals surface area contributed by atoms with Crippen molar-refractivity contribution in [2.75, 3.05) is 39.8 Å². The number of nitrogens with zero attached hydrogens (tertiary/aromatic N) is 2. The average molecular weight is 482 g/mol. The Bertz CT molecular complexity index is 410. The van der Waals surface area contributed by atoms with E-state index in [1.165, 1.54) is 0 Å². The number of aliphatic hydroxyl groups excluding tert-OH is 1. The van der Waals surface area contributed by atoms with Crippen LogP contribution >= 0.6 is 24.0 Å². The number of halogens is 1. The van der Waals surface area contributed by atoms with Crippen LogP contribution in [0.2, 0.25) is 0 Å². The molecule has 1 rings (SSSR count). The summed E-state index contributed by atoms with van der Waals surface area (Å²) in [5.41, 5.74) is 0. The molecule has 1 saturated heterocycles. The van der Waals surface area contributed by atoms with Crippen LogP contribution in [0.25, 0.3) is 0 Å². The summed E-state index contributed by atoms with van der Waals surface area (Å²) < 4.78 is 0. The number of hydrogen-bond acceptors (Lipinski definition) is 3. The summed E-state index contributed by atoms with van der Waals surface area (Å²) in [6, 6.07) is 0. The smallest absolute Gasteiger partial charge is 0.220 e. The Morgan fingerprint density at radius 1 is 1.31 bits per heavy atom. The third-order valence-electron chi connectivity index (χ3n) is 4.84. The van der Waals surface area contributed by atoms with Crippen molar-refractivity contribution in [2.24, 2.45) is 22.7 Å². The molecule has 0 bridgehead atoms. The monoisotopic (exact) mass is 482 g/mol. The van der Waals surface area contributed by atoms with Crippen molar-refractivity contribution in [3.8, 4) is 0 Å². The van der Waals surface area contributed by atoms with Crippen LogP contribution < -0.4 is 10.6 Å². The number of carbonyl (C=O) groups is 1. The van der Waals surface area contributed by atoms with Gasteiger partial charge in [-0.25, -0.2) is 0 Å². The maximum absolute atomic E-state index is 11.5. The van der Waals surface area contributed by atoms with Gasteiger partial charge in [-0.1, -0.05) is 13.8 Å². The highest BCUT2D eigenvalue weighted by Gasteiger charge is 2.23. The topological polar surface area (TPSA) is 77.0 Å². The van der Waals surface area contributed by atoms with Crippen molar-refractivity contribution in [3.63, 3.8) is 0 Å². The molecule has 1 atom stereocenters. The van der Waals surface area contributed by atoms with Crippen LogP contribution in [0, 0.1) is 17.8 Å². The first kappa shape index (κ1) is 25.4. The largest absolute Gasteiger partial charge is 0.396 e. The number of aliphatic imine (C=N–C) groups is 1. The van der Waals surface area contributed by atoms with Crippen molar-refractivity contribution in [1.29, 1.82) is 0 Å². The minimum absolute atomic E-state index is 0. The lowest BCUT2D eigenvalue weighted by molar-refractivity contribution is -0.121. The second-order valence-corrected chi connectivity index (χ2v) is 7.51. The van der Waals surface area contributed by atoms with Crippen LogP contribution in [0.15, 0.2) is 4.99 Å². The van der Waals surface area contributed by atoms with Crippen molar-refractivity contribution in [3.05, 3.63) is 0 Å². The summed E-state index contributed by atoms with van der Waals surface area (Å²) >= 11 is 0. The number of hydrogen-bond donors (Lipinski definition) is 3. The number of rotatable bonds is 9. The molecule has 7 heteroatoms. The molecule has 154 valence electrons. The maximum atomic E-state index is 11.5. The molecule has 0 saturated carbocycles. The zero-order chi connectivity index (χ0) is 18.7. The molecule has 1 unspecified atom stereocenters. The Balaban J connectivity index is 0.00000625. The Morgan fingerprint density at radius 2 is 1.96 bits per heavy atom. The summed E-state index contributed by atoms with van der Waals surface area (Å²) in [7, 11) is 1.70. The lowest BCUT2D eigenvalue weighted by Gasteiger charge is -2.34. The van der Waals surface area contributed by atoms with E-state index in [0.29, 0.717) is 24.2 Å². The molecule has 26 heavy (non-hydrogen) atoms. The maximum Gasteiger partial charge on any atom is 0.220 e. The second kappa shape index (κ2) is 14.5. The second-order valence-electron chi connectivity index (χ2n) is 7.51. The van der Waals surface area contributed by atoms with Gasteiger partial charge < -0.3 is 20.6 Å². The van der Waals surface area contributed by atoms with Crippen LogP contribution in [0.3, 0.4) is 0 Å². The fourth-order valence-electron chi connectivity index (χ4n) is 3.49. The fraction of sp³-hybridized carbons (Fsp3) is 0.895. The number of carbonyl (C=O) groups excluding carboxylic acids is 1. The summed E-state index contributed by atoms with van der Waals surface area (Å²) in [5.74, 6) is 2.65. The lowest BCUT2D eigenvalue weighted by Crippen LogP contribution is -2.46. The lowest BCUT2D eigenvalue weighted by atomic mass is 9.93. The molecule has 1 fully saturated rings. The van der Waals surface area contributed by atoms with Gasteiger partial charge in [-0.2, -0.15) is 0 Å². The number of guanidine groups is 1. The summed E-state index contributed by atoms with van der Waals surface area (Å²) in [5, 5.41) is 15.4. The molecule has 1 aliphatic rings. The van der Waals surface area contributed by atoms with Gasteiger partial charge in [0, 0.05) is 46.3 Å². The van der Waals surface area contributed by atoms with E-state index in [2.05, 4.69) is 36.3 Å². The predicted octanol–water partition coefficient (Wildman–Crippen LogP) is 2.46. The van der Waals surface area contributed by atoms with Gasteiger partial charge >= 0.3 is 0 Å². The molecule has 1 heterocycles. The molecule has 0 aromatic rings. The van der Waals surface area contributed by atoms with Crippen LogP contribution in [-0.4, -0.2) is 61.7 Å². The van der Waals surface area contributed by atoms with E-state index in [1.807, 2.05) is 0 Å². The number of piperidine rings is 1. The van der Waals surface area contributed by atoms with E-state index in [4.69, 9.17) is 4.99 Å². The molecular weight excluding hydrogens is 443 g/mol. The number of aliphatic hydroxyl groups is 1. The molecule has 1 amide bonds. The highest BCUT2D eigenvalue weighted by molar-refractivity contribution is 14.0. The number of nitrogens with one attached hydrogen (secondary N) is 2. The van der Waals surface area contributed by atoms with Crippen molar-refractivity contribution in [1.82, 2.24) is 15.5 Å². The molecule has 0 aromatic heterocycles. The highest BCUT2D eigenvalue weighted by Crippen LogP contribution is 2.21. The molecule has 0 aromatic carbocycles. The average Bonchev–Trinajstić information content (AvgIpc) is 2.58. The summed E-state index contributed by atoms with van der Waals surface area (Å²) in [4.78, 5) is 18.7. The predicted molar refractivity (Wildman–Crippen MR) is 119 cm³/mol. The third kappa shape index (κ3) is 9.94. The first-order chi connectivity index (χ1) is 12.0. The number of likely N-dealkylation sites (tertiary alicyclic amines) is 1. The van der Waals surface area contributed by atoms with E-state index in [-0.39, 0.29) is 36.5 Å². The van der Waals surface area contributed by atoms with Crippen molar-refractivity contribution in [2.45, 2.75) is 52.9 Å². The van der Waals surface area contributed by atoms with Crippen LogP contribution in [0.4, 0.5) is 0 Å². The SMILES string of the molecule is CCNC(=NCC(CCO)CC(C)C)N1CCC(CC(=O)NC)CC1.I. The van der Waals surface area contributed by atoms with Crippen LogP contribution in [0.5, 0.6) is 0 Å². The van der Waals surface area contributed by atoms with Gasteiger partial charge in [0.15, 0.2) is 5.96 Å². The number of amides is 1. The first-order valence-electron chi connectivity index (χ1n) is 9.84. The Labute approximate surface area is 176 Å². The summed E-state index contributed by atoms with van der Waals surface area (Å²) in [6.45, 7) is 10.3. The minimum atomic E-state index is 0. The van der Waals surface area contributed by atoms with Crippen LogP contribution in [-0.2, 0) is 4.79 Å². The minimum Gasteiger partial charge on any atom is -0.396 e. The molecule has 0 spiro atoms. The Kier molecular flexibility index (Phi) is 14.2. The van der Waals surface area contributed by atoms with Gasteiger partial charge in [0.25, 0.3) is 0 Å². The van der Waals surface area contributed by atoms with Crippen molar-refractivity contribution >= 4 is 35.8 Å². The van der Waals surface area contributed by atoms with E-state index in [1.54, 1.807) is 7.05 Å². The zero-order valence-corrected chi connectivity index (χ0v) is 19.3. The van der Waals surface area contributed by atoms with Gasteiger partial charge in [-0.3, -0.25) is 9.79 Å². The normalized spacial score (nSPS) is 17.0. The quantitative estimate of drug-likeness (QED) is 0.268. The molecule has 6 nitrogen and oxygen atoms in total. The molecular formula is C19H39IN4O2. The molecule has 1 aliphatic heterocycles. The zero-order valence-electron chi connectivity index (χ0n) is 17.0. The van der Waals surface area contributed by atoms with Gasteiger partial charge in [-0.15, -0.1) is 24.0 Å². The Hall–Kier alpha value is -0.570. The third-order valence-corrected chi connectivity index (χ3v) is 4.84. The molecule has 3 N–H and O–H groups in total. The van der Waals surface area contributed by atoms with E-state index in [9.17, 15) is 9.90 Å². The van der Waals surface area contributed by atoms with Gasteiger partial charge in [0.2, 0.25) is 5.91 Å². The van der Waals surface area contributed by atoms with E-state index in [0.717, 1.165) is 57.8 Å². The first-order valence-corrected chi connectivity index (χ1v) is 9.84. The summed E-state index contributed by atoms with van der Waals surface area (Å²) in [6.07, 6.45) is 4.60. The molecule has 0 aliphatic carbocycles. The van der Waals surface area contributed by atoms with Crippen LogP contribution in [0.1, 0.15) is 52.9 Å².